The lowest BCUT2D eigenvalue weighted by Crippen LogP contribution is -2.15. The summed E-state index contributed by atoms with van der Waals surface area (Å²) in [4.78, 5) is 0. The number of hydrogen-bond donors (Lipinski definition) is 0. The normalized spacial score (nSPS) is 9.20. The fourth-order valence-electron chi connectivity index (χ4n) is 2.01. The molecule has 0 saturated heterocycles. The second-order valence-electron chi connectivity index (χ2n) is 4.13. The van der Waals surface area contributed by atoms with E-state index in [2.05, 4.69) is 69.0 Å². The lowest BCUT2D eigenvalue weighted by molar-refractivity contribution is 1.50. The van der Waals surface area contributed by atoms with Crippen molar-refractivity contribution in [3.63, 3.8) is 0 Å². The van der Waals surface area contributed by atoms with Gasteiger partial charge in [0.15, 0.2) is 0 Å². The minimum absolute atomic E-state index is 0.212. The average Bonchev–Trinajstić information content (AvgIpc) is 2.52. The highest BCUT2D eigenvalue weighted by Crippen LogP contribution is 2.31. The van der Waals surface area contributed by atoms with Gasteiger partial charge in [0.05, 0.1) is 0 Å². The first-order chi connectivity index (χ1) is 9.70. The van der Waals surface area contributed by atoms with Gasteiger partial charge < -0.3 is 0 Å². The Morgan fingerprint density at radius 2 is 0.900 bits per heavy atom. The summed E-state index contributed by atoms with van der Waals surface area (Å²) in [5.74, 6) is 0. The van der Waals surface area contributed by atoms with E-state index >= 15 is 0 Å². The molecule has 0 spiro atoms. The van der Waals surface area contributed by atoms with Crippen LogP contribution < -0.4 is 10.6 Å². The zero-order valence-corrected chi connectivity index (χ0v) is 15.0. The summed E-state index contributed by atoms with van der Waals surface area (Å²) in [6.07, 6.45) is 0. The number of rotatable bonds is 2. The Hall–Kier alpha value is -1.13. The predicted octanol–water partition coefficient (Wildman–Crippen LogP) is 5.42. The van der Waals surface area contributed by atoms with Gasteiger partial charge in [-0.3, -0.25) is 0 Å². The van der Waals surface area contributed by atoms with E-state index in [-0.39, 0.29) is 7.92 Å². The van der Waals surface area contributed by atoms with Gasteiger partial charge in [-0.25, -0.2) is 0 Å². The average molecular weight is 288 g/mol. The highest BCUT2D eigenvalue weighted by atomic mass is 31.1. The van der Waals surface area contributed by atoms with Gasteiger partial charge in [0, 0.05) is 0 Å². The predicted molar refractivity (Wildman–Crippen MR) is 97.2 cm³/mol. The molecule has 2 aromatic rings. The molecule has 2 aromatic carbocycles. The van der Waals surface area contributed by atoms with Gasteiger partial charge in [0.2, 0.25) is 0 Å². The van der Waals surface area contributed by atoms with Crippen LogP contribution in [0.1, 0.15) is 38.8 Å². The van der Waals surface area contributed by atoms with Crippen LogP contribution in [0.2, 0.25) is 0 Å². The van der Waals surface area contributed by atoms with Crippen LogP contribution in [0, 0.1) is 13.8 Å². The van der Waals surface area contributed by atoms with Crippen LogP contribution in [-0.4, -0.2) is 6.66 Å². The Labute approximate surface area is 127 Å². The molecule has 0 N–H and O–H groups in total. The fourth-order valence-corrected chi connectivity index (χ4v) is 4.10. The molecule has 20 heavy (non-hydrogen) atoms. The van der Waals surface area contributed by atoms with Crippen LogP contribution in [0.3, 0.4) is 0 Å². The maximum Gasteiger partial charge on any atom is -0.0169 e. The Bertz CT molecular complexity index is 443. The van der Waals surface area contributed by atoms with Crippen molar-refractivity contribution in [3.05, 3.63) is 59.7 Å². The zero-order valence-electron chi connectivity index (χ0n) is 14.1. The van der Waals surface area contributed by atoms with Gasteiger partial charge in [-0.2, -0.15) is 0 Å². The first kappa shape index (κ1) is 18.9. The number of aryl methyl sites for hydroxylation is 2. The molecule has 0 aromatic heterocycles. The Balaban J connectivity index is 0.000000829. The molecule has 0 saturated carbocycles. The van der Waals surface area contributed by atoms with Crippen molar-refractivity contribution in [2.45, 2.75) is 41.5 Å². The molecule has 0 unspecified atom stereocenters. The second kappa shape index (κ2) is 10.6. The fraction of sp³-hybridized carbons (Fsp3) is 0.368. The third-order valence-corrected chi connectivity index (χ3v) is 5.40. The topological polar surface area (TPSA) is 0 Å². The van der Waals surface area contributed by atoms with E-state index in [9.17, 15) is 0 Å². The van der Waals surface area contributed by atoms with E-state index in [0.29, 0.717) is 0 Å². The minimum Gasteiger partial charge on any atom is -0.0683 e. The third-order valence-electron chi connectivity index (χ3n) is 2.95. The molecule has 110 valence electrons. The highest BCUT2D eigenvalue weighted by molar-refractivity contribution is 7.72. The monoisotopic (exact) mass is 288 g/mol. The zero-order chi connectivity index (χ0) is 15.5. The molecule has 0 fully saturated rings. The lowest BCUT2D eigenvalue weighted by atomic mass is 10.2. The van der Waals surface area contributed by atoms with Crippen molar-refractivity contribution >= 4 is 18.5 Å². The first-order valence-corrected chi connectivity index (χ1v) is 9.34. The second-order valence-corrected chi connectivity index (χ2v) is 6.21. The van der Waals surface area contributed by atoms with Crippen LogP contribution in [0.5, 0.6) is 0 Å². The van der Waals surface area contributed by atoms with Crippen molar-refractivity contribution in [2.75, 3.05) is 6.66 Å². The van der Waals surface area contributed by atoms with Gasteiger partial charge in [-0.05, 0) is 50.2 Å². The standard InChI is InChI=1S/C15H17P.2C2H6/c1-12-8-4-6-10-14(12)16(3)15-11-7-5-9-13(15)2;2*1-2/h4-11H,1-3H3;2*1-2H3. The smallest absolute Gasteiger partial charge is 0.0169 e. The summed E-state index contributed by atoms with van der Waals surface area (Å²) in [5.41, 5.74) is 2.80. The maximum atomic E-state index is 2.35. The van der Waals surface area contributed by atoms with Crippen molar-refractivity contribution < 1.29 is 0 Å². The Kier molecular flexibility index (Phi) is 10.0. The molecule has 0 bridgehead atoms. The summed E-state index contributed by atoms with van der Waals surface area (Å²) in [6.45, 7) is 14.7. The summed E-state index contributed by atoms with van der Waals surface area (Å²) >= 11 is 0. The van der Waals surface area contributed by atoms with Crippen molar-refractivity contribution in [2.24, 2.45) is 0 Å². The quantitative estimate of drug-likeness (QED) is 0.647. The molecule has 0 aliphatic rings. The molecule has 0 aliphatic heterocycles. The Morgan fingerprint density at radius 3 is 1.20 bits per heavy atom. The van der Waals surface area contributed by atoms with Crippen LogP contribution in [-0.2, 0) is 0 Å². The molecule has 2 rings (SSSR count). The summed E-state index contributed by atoms with van der Waals surface area (Å²) in [6, 6.07) is 17.4. The lowest BCUT2D eigenvalue weighted by Gasteiger charge is -2.17. The number of hydrogen-bond acceptors (Lipinski definition) is 0. The van der Waals surface area contributed by atoms with E-state index in [1.165, 1.54) is 21.7 Å². The highest BCUT2D eigenvalue weighted by Gasteiger charge is 2.11. The molecule has 0 atom stereocenters. The summed E-state index contributed by atoms with van der Waals surface area (Å²) < 4.78 is 0. The first-order valence-electron chi connectivity index (χ1n) is 7.55. The largest absolute Gasteiger partial charge is 0.0683 e. The van der Waals surface area contributed by atoms with Crippen molar-refractivity contribution in [1.29, 1.82) is 0 Å². The minimum atomic E-state index is -0.212. The van der Waals surface area contributed by atoms with Crippen LogP contribution in [0.25, 0.3) is 0 Å². The molecular weight excluding hydrogens is 259 g/mol. The Morgan fingerprint density at radius 1 is 0.600 bits per heavy atom. The SMILES string of the molecule is CC.CC.Cc1ccccc1P(C)c1ccccc1C. The maximum absolute atomic E-state index is 2.35. The molecule has 0 radical (unpaired) electrons. The van der Waals surface area contributed by atoms with Gasteiger partial charge in [0.1, 0.15) is 0 Å². The van der Waals surface area contributed by atoms with Gasteiger partial charge >= 0.3 is 0 Å². The van der Waals surface area contributed by atoms with E-state index in [0.717, 1.165) is 0 Å². The molecule has 0 aliphatic carbocycles. The van der Waals surface area contributed by atoms with Gasteiger partial charge in [0.25, 0.3) is 0 Å². The van der Waals surface area contributed by atoms with Gasteiger partial charge in [-0.15, -0.1) is 0 Å². The molecule has 0 nitrogen and oxygen atoms in total. The molecular formula is C19H29P. The van der Waals surface area contributed by atoms with Gasteiger partial charge in [-0.1, -0.05) is 76.2 Å². The summed E-state index contributed by atoms with van der Waals surface area (Å²) in [7, 11) is -0.212. The van der Waals surface area contributed by atoms with E-state index in [1.54, 1.807) is 0 Å². The van der Waals surface area contributed by atoms with Crippen molar-refractivity contribution in [1.82, 2.24) is 0 Å². The molecule has 1 heteroatoms. The molecule has 0 heterocycles. The number of benzene rings is 2. The van der Waals surface area contributed by atoms with E-state index < -0.39 is 0 Å². The van der Waals surface area contributed by atoms with Crippen LogP contribution >= 0.6 is 7.92 Å². The van der Waals surface area contributed by atoms with Crippen LogP contribution in [0.4, 0.5) is 0 Å². The van der Waals surface area contributed by atoms with Crippen LogP contribution in [0.15, 0.2) is 48.5 Å². The van der Waals surface area contributed by atoms with E-state index in [1.807, 2.05) is 27.7 Å². The van der Waals surface area contributed by atoms with E-state index in [4.69, 9.17) is 0 Å². The molecule has 0 amide bonds. The van der Waals surface area contributed by atoms with Crippen molar-refractivity contribution in [3.8, 4) is 0 Å². The summed E-state index contributed by atoms with van der Waals surface area (Å²) in [5, 5.41) is 2.98. The third kappa shape index (κ3) is 5.10.